The number of nitrogens with two attached hydrogens (primary N) is 1. The maximum atomic E-state index is 5.79. The lowest BCUT2D eigenvalue weighted by molar-refractivity contribution is 0.220. The average Bonchev–Trinajstić information content (AvgIpc) is 2.57. The Morgan fingerprint density at radius 1 is 1.24 bits per heavy atom. The van der Waals surface area contributed by atoms with Gasteiger partial charge in [0.1, 0.15) is 5.82 Å². The lowest BCUT2D eigenvalue weighted by Crippen LogP contribution is -2.28. The van der Waals surface area contributed by atoms with E-state index in [0.717, 1.165) is 31.1 Å². The summed E-state index contributed by atoms with van der Waals surface area (Å²) in [6, 6.07) is 0. The van der Waals surface area contributed by atoms with Gasteiger partial charge in [-0.3, -0.25) is 4.68 Å². The van der Waals surface area contributed by atoms with Crippen molar-refractivity contribution >= 4 is 5.82 Å². The molecule has 1 unspecified atom stereocenters. The van der Waals surface area contributed by atoms with Crippen molar-refractivity contribution in [3.8, 4) is 0 Å². The van der Waals surface area contributed by atoms with Crippen molar-refractivity contribution in [3.05, 3.63) is 11.3 Å². The second-order valence-corrected chi connectivity index (χ2v) is 7.53. The molecule has 1 aromatic heterocycles. The summed E-state index contributed by atoms with van der Waals surface area (Å²) >= 11 is 0. The van der Waals surface area contributed by atoms with Gasteiger partial charge in [-0.1, -0.05) is 20.8 Å². The molecule has 0 radical (unpaired) electrons. The van der Waals surface area contributed by atoms with Gasteiger partial charge in [-0.15, -0.1) is 0 Å². The van der Waals surface area contributed by atoms with Crippen LogP contribution in [0.5, 0.6) is 0 Å². The van der Waals surface area contributed by atoms with Crippen LogP contribution in [0.1, 0.15) is 51.3 Å². The van der Waals surface area contributed by atoms with Crippen LogP contribution in [-0.4, -0.2) is 29.4 Å². The Hall–Kier alpha value is -1.03. The van der Waals surface area contributed by atoms with E-state index in [1.165, 1.54) is 30.6 Å². The van der Waals surface area contributed by atoms with Gasteiger partial charge in [-0.2, -0.15) is 5.10 Å². The lowest BCUT2D eigenvalue weighted by atomic mass is 9.77. The van der Waals surface area contributed by atoms with Crippen molar-refractivity contribution in [3.63, 3.8) is 0 Å². The minimum Gasteiger partial charge on any atom is -0.357 e. The summed E-state index contributed by atoms with van der Waals surface area (Å²) in [5.74, 6) is 2.11. The summed E-state index contributed by atoms with van der Waals surface area (Å²) in [4.78, 5) is 2.54. The highest BCUT2D eigenvalue weighted by Gasteiger charge is 2.28. The number of aromatic nitrogens is 2. The van der Waals surface area contributed by atoms with Gasteiger partial charge >= 0.3 is 0 Å². The van der Waals surface area contributed by atoms with Crippen LogP contribution < -0.4 is 10.6 Å². The predicted octanol–water partition coefficient (Wildman–Crippen LogP) is 2.88. The molecule has 2 N–H and O–H groups in total. The SMILES string of the molecule is Cc1nn(C)c(N2CCCC(C(C)(C)C)CC2)c1CCN. The number of hydrogen-bond acceptors (Lipinski definition) is 3. The molecule has 120 valence electrons. The summed E-state index contributed by atoms with van der Waals surface area (Å²) in [5.41, 5.74) is 8.68. The molecule has 1 fully saturated rings. The molecule has 1 atom stereocenters. The molecule has 0 bridgehead atoms. The molecule has 0 aromatic carbocycles. The molecular formula is C17H32N4. The maximum absolute atomic E-state index is 5.79. The van der Waals surface area contributed by atoms with Gasteiger partial charge in [0.2, 0.25) is 0 Å². The molecule has 4 nitrogen and oxygen atoms in total. The highest BCUT2D eigenvalue weighted by atomic mass is 15.4. The molecule has 21 heavy (non-hydrogen) atoms. The van der Waals surface area contributed by atoms with Gasteiger partial charge in [-0.05, 0) is 50.5 Å². The Balaban J connectivity index is 2.19. The van der Waals surface area contributed by atoms with Gasteiger partial charge in [0, 0.05) is 25.7 Å². The second-order valence-electron chi connectivity index (χ2n) is 7.53. The number of rotatable bonds is 3. The molecule has 4 heteroatoms. The summed E-state index contributed by atoms with van der Waals surface area (Å²) < 4.78 is 2.05. The van der Waals surface area contributed by atoms with Gasteiger partial charge < -0.3 is 10.6 Å². The highest BCUT2D eigenvalue weighted by molar-refractivity contribution is 5.50. The number of hydrogen-bond donors (Lipinski definition) is 1. The number of nitrogens with zero attached hydrogens (tertiary/aromatic N) is 3. The van der Waals surface area contributed by atoms with E-state index in [4.69, 9.17) is 5.73 Å². The van der Waals surface area contributed by atoms with Crippen LogP contribution in [0, 0.1) is 18.3 Å². The van der Waals surface area contributed by atoms with Crippen LogP contribution in [0.4, 0.5) is 5.82 Å². The Kier molecular flexibility index (Phi) is 4.97. The van der Waals surface area contributed by atoms with Gasteiger partial charge in [0.05, 0.1) is 5.69 Å². The van der Waals surface area contributed by atoms with E-state index < -0.39 is 0 Å². The van der Waals surface area contributed by atoms with Crippen molar-refractivity contribution in [2.75, 3.05) is 24.5 Å². The standard InChI is InChI=1S/C17H32N4/c1-13-15(8-10-18)16(20(5)19-13)21-11-6-7-14(9-12-21)17(2,3)4/h14H,6-12,18H2,1-5H3. The minimum absolute atomic E-state index is 0.415. The van der Waals surface area contributed by atoms with Crippen molar-refractivity contribution < 1.29 is 0 Å². The molecule has 0 saturated carbocycles. The van der Waals surface area contributed by atoms with E-state index in [0.29, 0.717) is 12.0 Å². The van der Waals surface area contributed by atoms with Crippen LogP contribution in [0.3, 0.4) is 0 Å². The molecule has 1 aliphatic rings. The van der Waals surface area contributed by atoms with E-state index in [-0.39, 0.29) is 0 Å². The molecule has 1 aliphatic heterocycles. The van der Waals surface area contributed by atoms with Crippen LogP contribution >= 0.6 is 0 Å². The predicted molar refractivity (Wildman–Crippen MR) is 89.7 cm³/mol. The molecule has 0 amide bonds. The molecular weight excluding hydrogens is 260 g/mol. The van der Waals surface area contributed by atoms with Gasteiger partial charge in [0.25, 0.3) is 0 Å². The zero-order valence-corrected chi connectivity index (χ0v) is 14.4. The van der Waals surface area contributed by atoms with E-state index in [1.807, 2.05) is 0 Å². The first kappa shape index (κ1) is 16.3. The monoisotopic (exact) mass is 292 g/mol. The third-order valence-corrected chi connectivity index (χ3v) is 4.96. The average molecular weight is 292 g/mol. The van der Waals surface area contributed by atoms with Gasteiger partial charge in [0.15, 0.2) is 0 Å². The van der Waals surface area contributed by atoms with E-state index in [2.05, 4.69) is 49.4 Å². The van der Waals surface area contributed by atoms with Crippen molar-refractivity contribution in [1.29, 1.82) is 0 Å². The lowest BCUT2D eigenvalue weighted by Gasteiger charge is -2.30. The first-order chi connectivity index (χ1) is 9.84. The molecule has 0 aliphatic carbocycles. The second kappa shape index (κ2) is 6.39. The van der Waals surface area contributed by atoms with Crippen molar-refractivity contribution in [2.45, 2.75) is 53.4 Å². The Morgan fingerprint density at radius 3 is 2.57 bits per heavy atom. The molecule has 1 saturated heterocycles. The number of aryl methyl sites for hydroxylation is 2. The third kappa shape index (κ3) is 3.60. The maximum Gasteiger partial charge on any atom is 0.130 e. The smallest absolute Gasteiger partial charge is 0.130 e. The Labute approximate surface area is 129 Å². The fourth-order valence-corrected chi connectivity index (χ4v) is 3.70. The first-order valence-electron chi connectivity index (χ1n) is 8.32. The van der Waals surface area contributed by atoms with Crippen LogP contribution in [-0.2, 0) is 13.5 Å². The Bertz CT molecular complexity index is 470. The molecule has 1 aromatic rings. The van der Waals surface area contributed by atoms with E-state index >= 15 is 0 Å². The number of anilines is 1. The largest absolute Gasteiger partial charge is 0.357 e. The molecule has 2 rings (SSSR count). The normalized spacial score (nSPS) is 20.7. The zero-order chi connectivity index (χ0) is 15.6. The topological polar surface area (TPSA) is 47.1 Å². The van der Waals surface area contributed by atoms with Crippen molar-refractivity contribution in [2.24, 2.45) is 24.1 Å². The molecule has 0 spiro atoms. The summed E-state index contributed by atoms with van der Waals surface area (Å²) in [6.07, 6.45) is 4.81. The van der Waals surface area contributed by atoms with Crippen LogP contribution in [0.25, 0.3) is 0 Å². The van der Waals surface area contributed by atoms with E-state index in [9.17, 15) is 0 Å². The highest BCUT2D eigenvalue weighted by Crippen LogP contribution is 2.36. The minimum atomic E-state index is 0.415. The zero-order valence-electron chi connectivity index (χ0n) is 14.4. The first-order valence-corrected chi connectivity index (χ1v) is 8.32. The fourth-order valence-electron chi connectivity index (χ4n) is 3.70. The summed E-state index contributed by atoms with van der Waals surface area (Å²) in [6.45, 7) is 12.2. The van der Waals surface area contributed by atoms with Gasteiger partial charge in [-0.25, -0.2) is 0 Å². The quantitative estimate of drug-likeness (QED) is 0.932. The van der Waals surface area contributed by atoms with Crippen LogP contribution in [0.2, 0.25) is 0 Å². The molecule has 2 heterocycles. The summed E-state index contributed by atoms with van der Waals surface area (Å²) in [7, 11) is 2.06. The fraction of sp³-hybridized carbons (Fsp3) is 0.824. The van der Waals surface area contributed by atoms with E-state index in [1.54, 1.807) is 0 Å². The van der Waals surface area contributed by atoms with Crippen molar-refractivity contribution in [1.82, 2.24) is 9.78 Å². The van der Waals surface area contributed by atoms with Crippen LogP contribution in [0.15, 0.2) is 0 Å². The summed E-state index contributed by atoms with van der Waals surface area (Å²) in [5, 5.41) is 4.62. The Morgan fingerprint density at radius 2 is 1.95 bits per heavy atom. The third-order valence-electron chi connectivity index (χ3n) is 4.96.